The average molecular weight is 412 g/mol. The quantitative estimate of drug-likeness (QED) is 0.361. The molecule has 0 fully saturated rings. The largest absolute Gasteiger partial charge is 0.475 e. The van der Waals surface area contributed by atoms with Crippen molar-refractivity contribution in [3.05, 3.63) is 106 Å². The second kappa shape index (κ2) is 8.81. The van der Waals surface area contributed by atoms with Crippen LogP contribution < -0.4 is 0 Å². The summed E-state index contributed by atoms with van der Waals surface area (Å²) >= 11 is 0. The highest BCUT2D eigenvalue weighted by Crippen LogP contribution is 2.37. The molecule has 0 aromatic heterocycles. The molecule has 3 aromatic carbocycles. The number of rotatable bonds is 6. The zero-order chi connectivity index (χ0) is 22.0. The molecule has 3 nitrogen and oxygen atoms in total. The van der Waals surface area contributed by atoms with E-state index in [0.29, 0.717) is 12.5 Å². The average Bonchev–Trinajstić information content (AvgIpc) is 2.80. The Bertz CT molecular complexity index is 1110. The molecule has 0 saturated heterocycles. The minimum absolute atomic E-state index is 0.514. The number of carbonyl (C=O) groups excluding carboxylic acids is 1. The molecule has 3 aromatic rings. The SMILES string of the molecule is C=C(OCc1ccccc1)N1CCc2c(C)c(C=O)c(-c3ccc(C)cc3)c(C)c2C1. The normalized spacial score (nSPS) is 12.9. The fraction of sp³-hybridized carbons (Fsp3) is 0.250. The van der Waals surface area contributed by atoms with Crippen molar-refractivity contribution >= 4 is 6.29 Å². The maximum Gasteiger partial charge on any atom is 0.182 e. The zero-order valence-electron chi connectivity index (χ0n) is 18.6. The molecule has 3 heteroatoms. The van der Waals surface area contributed by atoms with Gasteiger partial charge >= 0.3 is 0 Å². The first kappa shape index (κ1) is 20.9. The maximum absolute atomic E-state index is 12.1. The summed E-state index contributed by atoms with van der Waals surface area (Å²) in [5.74, 6) is 0.697. The first-order valence-corrected chi connectivity index (χ1v) is 10.8. The summed E-state index contributed by atoms with van der Waals surface area (Å²) in [5.41, 5.74) is 10.1. The smallest absolute Gasteiger partial charge is 0.182 e. The molecule has 4 rings (SSSR count). The van der Waals surface area contributed by atoms with Crippen molar-refractivity contribution in [2.75, 3.05) is 6.54 Å². The molecule has 0 aliphatic carbocycles. The van der Waals surface area contributed by atoms with E-state index in [9.17, 15) is 4.79 Å². The minimum atomic E-state index is 0.514. The molecule has 1 aliphatic rings. The van der Waals surface area contributed by atoms with Gasteiger partial charge in [-0.2, -0.15) is 0 Å². The van der Waals surface area contributed by atoms with E-state index < -0.39 is 0 Å². The van der Waals surface area contributed by atoms with Crippen LogP contribution in [0.15, 0.2) is 67.1 Å². The van der Waals surface area contributed by atoms with Crippen LogP contribution in [0.25, 0.3) is 11.1 Å². The lowest BCUT2D eigenvalue weighted by Gasteiger charge is -2.34. The molecule has 158 valence electrons. The van der Waals surface area contributed by atoms with Gasteiger partial charge in [-0.25, -0.2) is 0 Å². The number of aryl methyl sites for hydroxylation is 1. The van der Waals surface area contributed by atoms with Crippen LogP contribution in [-0.4, -0.2) is 17.7 Å². The summed E-state index contributed by atoms with van der Waals surface area (Å²) in [6.45, 7) is 12.6. The highest BCUT2D eigenvalue weighted by atomic mass is 16.5. The van der Waals surface area contributed by atoms with E-state index in [1.165, 1.54) is 22.3 Å². The van der Waals surface area contributed by atoms with E-state index in [4.69, 9.17) is 4.74 Å². The Hall–Kier alpha value is -3.33. The summed E-state index contributed by atoms with van der Waals surface area (Å²) in [5, 5.41) is 0. The Morgan fingerprint density at radius 2 is 1.71 bits per heavy atom. The molecule has 0 spiro atoms. The van der Waals surface area contributed by atoms with Crippen molar-refractivity contribution < 1.29 is 9.53 Å². The first-order valence-electron chi connectivity index (χ1n) is 10.8. The van der Waals surface area contributed by atoms with Crippen molar-refractivity contribution in [1.29, 1.82) is 0 Å². The second-order valence-corrected chi connectivity index (χ2v) is 8.32. The third kappa shape index (κ3) is 4.13. The number of carbonyl (C=O) groups is 1. The Labute approximate surface area is 185 Å². The molecular weight excluding hydrogens is 382 g/mol. The zero-order valence-corrected chi connectivity index (χ0v) is 18.6. The van der Waals surface area contributed by atoms with Gasteiger partial charge in [-0.15, -0.1) is 0 Å². The molecule has 0 radical (unpaired) electrons. The fourth-order valence-electron chi connectivity index (χ4n) is 4.51. The van der Waals surface area contributed by atoms with Crippen LogP contribution in [0.1, 0.15) is 43.7 Å². The molecule has 0 saturated carbocycles. The van der Waals surface area contributed by atoms with Crippen LogP contribution >= 0.6 is 0 Å². The highest BCUT2D eigenvalue weighted by Gasteiger charge is 2.26. The van der Waals surface area contributed by atoms with Crippen molar-refractivity contribution in [3.63, 3.8) is 0 Å². The van der Waals surface area contributed by atoms with Crippen LogP contribution in [0.3, 0.4) is 0 Å². The van der Waals surface area contributed by atoms with E-state index in [2.05, 4.69) is 68.6 Å². The summed E-state index contributed by atoms with van der Waals surface area (Å²) in [7, 11) is 0. The van der Waals surface area contributed by atoms with Crippen LogP contribution in [0.2, 0.25) is 0 Å². The third-order valence-corrected chi connectivity index (χ3v) is 6.36. The van der Waals surface area contributed by atoms with E-state index in [1.807, 2.05) is 18.2 Å². The summed E-state index contributed by atoms with van der Waals surface area (Å²) in [4.78, 5) is 14.3. The van der Waals surface area contributed by atoms with Gasteiger partial charge in [0.25, 0.3) is 0 Å². The molecule has 0 amide bonds. The van der Waals surface area contributed by atoms with Crippen molar-refractivity contribution in [1.82, 2.24) is 4.90 Å². The Morgan fingerprint density at radius 1 is 1.00 bits per heavy atom. The molecule has 0 bridgehead atoms. The van der Waals surface area contributed by atoms with Gasteiger partial charge in [0.05, 0.1) is 0 Å². The van der Waals surface area contributed by atoms with E-state index in [-0.39, 0.29) is 0 Å². The number of hydrogen-bond acceptors (Lipinski definition) is 3. The van der Waals surface area contributed by atoms with Gasteiger partial charge in [-0.1, -0.05) is 60.2 Å². The van der Waals surface area contributed by atoms with Gasteiger partial charge in [0, 0.05) is 18.7 Å². The first-order chi connectivity index (χ1) is 15.0. The van der Waals surface area contributed by atoms with Crippen molar-refractivity contribution in [2.45, 2.75) is 40.3 Å². The molecule has 0 unspecified atom stereocenters. The van der Waals surface area contributed by atoms with Gasteiger partial charge in [0.1, 0.15) is 6.61 Å². The number of hydrogen-bond donors (Lipinski definition) is 0. The topological polar surface area (TPSA) is 29.5 Å². The minimum Gasteiger partial charge on any atom is -0.475 e. The third-order valence-electron chi connectivity index (χ3n) is 6.36. The maximum atomic E-state index is 12.1. The van der Waals surface area contributed by atoms with Crippen molar-refractivity contribution in [2.24, 2.45) is 0 Å². The molecule has 0 atom stereocenters. The predicted octanol–water partition coefficient (Wildman–Crippen LogP) is 6.14. The summed E-state index contributed by atoms with van der Waals surface area (Å²) in [6.07, 6.45) is 1.90. The molecule has 1 heterocycles. The lowest BCUT2D eigenvalue weighted by Crippen LogP contribution is -2.32. The number of benzene rings is 3. The summed E-state index contributed by atoms with van der Waals surface area (Å²) < 4.78 is 6.00. The second-order valence-electron chi connectivity index (χ2n) is 8.32. The van der Waals surface area contributed by atoms with Gasteiger partial charge in [0.15, 0.2) is 12.2 Å². The summed E-state index contributed by atoms with van der Waals surface area (Å²) in [6, 6.07) is 18.6. The standard InChI is InChI=1S/C28H29NO2/c1-19-10-12-24(13-11-19)28-21(3)26-16-29(15-14-25(26)20(2)27(28)17-30)22(4)31-18-23-8-6-5-7-9-23/h5-13,17H,4,14-16,18H2,1-3H3. The van der Waals surface area contributed by atoms with Gasteiger partial charge in [0.2, 0.25) is 0 Å². The van der Waals surface area contributed by atoms with Crippen molar-refractivity contribution in [3.8, 4) is 11.1 Å². The van der Waals surface area contributed by atoms with Crippen LogP contribution in [0.5, 0.6) is 0 Å². The number of aldehydes is 1. The van der Waals surface area contributed by atoms with E-state index in [0.717, 1.165) is 53.6 Å². The Kier molecular flexibility index (Phi) is 5.94. The molecular formula is C28H29NO2. The van der Waals surface area contributed by atoms with E-state index >= 15 is 0 Å². The number of fused-ring (bicyclic) bond motifs is 1. The Morgan fingerprint density at radius 3 is 2.39 bits per heavy atom. The fourth-order valence-corrected chi connectivity index (χ4v) is 4.51. The van der Waals surface area contributed by atoms with Crippen LogP contribution in [0, 0.1) is 20.8 Å². The lowest BCUT2D eigenvalue weighted by atomic mass is 9.82. The van der Waals surface area contributed by atoms with Crippen LogP contribution in [0.4, 0.5) is 0 Å². The molecule has 31 heavy (non-hydrogen) atoms. The van der Waals surface area contributed by atoms with Gasteiger partial charge in [-0.3, -0.25) is 4.79 Å². The van der Waals surface area contributed by atoms with Gasteiger partial charge in [-0.05, 0) is 72.7 Å². The van der Waals surface area contributed by atoms with Crippen LogP contribution in [-0.2, 0) is 24.3 Å². The molecule has 0 N–H and O–H groups in total. The van der Waals surface area contributed by atoms with E-state index in [1.54, 1.807) is 0 Å². The van der Waals surface area contributed by atoms with Gasteiger partial charge < -0.3 is 9.64 Å². The Balaban J connectivity index is 1.64. The number of ether oxygens (including phenoxy) is 1. The predicted molar refractivity (Wildman–Crippen MR) is 126 cm³/mol. The highest BCUT2D eigenvalue weighted by molar-refractivity contribution is 5.92. The lowest BCUT2D eigenvalue weighted by molar-refractivity contribution is 0.0957. The molecule has 1 aliphatic heterocycles. The number of nitrogens with zero attached hydrogens (tertiary/aromatic N) is 1. The monoisotopic (exact) mass is 411 g/mol.